The lowest BCUT2D eigenvalue weighted by Gasteiger charge is -2.08. The van der Waals surface area contributed by atoms with Crippen molar-refractivity contribution in [3.63, 3.8) is 0 Å². The summed E-state index contributed by atoms with van der Waals surface area (Å²) >= 11 is 0. The number of benzene rings is 2. The Morgan fingerprint density at radius 1 is 1.06 bits per heavy atom. The molecule has 9 nitrogen and oxygen atoms in total. The second kappa shape index (κ2) is 7.88. The fourth-order valence-corrected chi connectivity index (χ4v) is 4.04. The van der Waals surface area contributed by atoms with Crippen LogP contribution in [0.25, 0.3) is 22.4 Å². The Balaban J connectivity index is 1.57. The van der Waals surface area contributed by atoms with Crippen LogP contribution in [0.4, 0.5) is 6.01 Å². The molecule has 4 aromatic rings. The first kappa shape index (κ1) is 20.6. The Morgan fingerprint density at radius 3 is 2.58 bits per heavy atom. The Kier molecular flexibility index (Phi) is 5.24. The van der Waals surface area contributed by atoms with Crippen molar-refractivity contribution in [3.8, 4) is 17.2 Å². The Labute approximate surface area is 177 Å². The molecule has 0 atom stereocenters. The van der Waals surface area contributed by atoms with Crippen molar-refractivity contribution in [2.75, 3.05) is 12.4 Å². The molecule has 2 aromatic carbocycles. The van der Waals surface area contributed by atoms with Crippen molar-refractivity contribution < 1.29 is 26.8 Å². The van der Waals surface area contributed by atoms with Crippen LogP contribution >= 0.6 is 0 Å². The van der Waals surface area contributed by atoms with Crippen LogP contribution in [-0.2, 0) is 9.84 Å². The molecular formula is C21H19N3O6S. The Morgan fingerprint density at radius 2 is 1.84 bits per heavy atom. The van der Waals surface area contributed by atoms with Gasteiger partial charge in [-0.25, -0.2) is 8.42 Å². The van der Waals surface area contributed by atoms with E-state index in [9.17, 15) is 13.2 Å². The highest BCUT2D eigenvalue weighted by atomic mass is 32.2. The van der Waals surface area contributed by atoms with E-state index in [-0.39, 0.29) is 22.6 Å². The lowest BCUT2D eigenvalue weighted by Crippen LogP contribution is -2.13. The summed E-state index contributed by atoms with van der Waals surface area (Å²) in [4.78, 5) is 12.7. The third-order valence-electron chi connectivity index (χ3n) is 4.63. The summed E-state index contributed by atoms with van der Waals surface area (Å²) in [6.07, 6.45) is 0. The zero-order valence-corrected chi connectivity index (χ0v) is 17.8. The summed E-state index contributed by atoms with van der Waals surface area (Å²) in [5, 5.41) is 10.3. The Hall–Kier alpha value is -3.66. The molecule has 0 radical (unpaired) electrons. The van der Waals surface area contributed by atoms with Gasteiger partial charge in [0.05, 0.1) is 17.3 Å². The number of nitrogens with zero attached hydrogens (tertiary/aromatic N) is 2. The van der Waals surface area contributed by atoms with Gasteiger partial charge < -0.3 is 13.6 Å². The minimum atomic E-state index is -3.46. The smallest absolute Gasteiger partial charge is 0.322 e. The molecule has 1 N–H and O–H groups in total. The molecule has 31 heavy (non-hydrogen) atoms. The van der Waals surface area contributed by atoms with E-state index >= 15 is 0 Å². The first-order valence-corrected chi connectivity index (χ1v) is 10.9. The predicted molar refractivity (Wildman–Crippen MR) is 113 cm³/mol. The highest BCUT2D eigenvalue weighted by molar-refractivity contribution is 7.92. The standard InChI is InChI=1S/C21H19N3O6S/c1-12(2)31(26,27)15-8-4-7-14(10-15)20-23-24-21(30-20)22-19(25)17-11-13-6-5-9-16(28-3)18(13)29-17/h4-12H,1-3H3,(H,22,24,25). The largest absolute Gasteiger partial charge is 0.493 e. The maximum absolute atomic E-state index is 12.5. The van der Waals surface area contributed by atoms with Crippen molar-refractivity contribution in [1.82, 2.24) is 10.2 Å². The van der Waals surface area contributed by atoms with E-state index in [1.165, 1.54) is 19.2 Å². The van der Waals surface area contributed by atoms with Gasteiger partial charge >= 0.3 is 6.01 Å². The lowest BCUT2D eigenvalue weighted by molar-refractivity contribution is 0.0995. The van der Waals surface area contributed by atoms with E-state index < -0.39 is 21.0 Å². The van der Waals surface area contributed by atoms with Crippen LogP contribution in [0, 0.1) is 0 Å². The zero-order chi connectivity index (χ0) is 22.2. The van der Waals surface area contributed by atoms with Gasteiger partial charge in [-0.15, -0.1) is 5.10 Å². The quantitative estimate of drug-likeness (QED) is 0.477. The lowest BCUT2D eigenvalue weighted by atomic mass is 10.2. The molecule has 4 rings (SSSR count). The van der Waals surface area contributed by atoms with Crippen molar-refractivity contribution >= 4 is 32.7 Å². The average Bonchev–Trinajstić information content (AvgIpc) is 3.40. The molecule has 0 unspecified atom stereocenters. The molecule has 0 spiro atoms. The summed E-state index contributed by atoms with van der Waals surface area (Å²) in [6.45, 7) is 3.21. The van der Waals surface area contributed by atoms with Gasteiger partial charge in [0.2, 0.25) is 5.89 Å². The van der Waals surface area contributed by atoms with Crippen LogP contribution < -0.4 is 10.1 Å². The summed E-state index contributed by atoms with van der Waals surface area (Å²) in [7, 11) is -1.94. The minimum absolute atomic E-state index is 0.0456. The van der Waals surface area contributed by atoms with Crippen molar-refractivity contribution in [3.05, 3.63) is 54.3 Å². The molecule has 160 valence electrons. The van der Waals surface area contributed by atoms with Gasteiger partial charge in [-0.3, -0.25) is 10.1 Å². The second-order valence-electron chi connectivity index (χ2n) is 6.98. The number of hydrogen-bond acceptors (Lipinski definition) is 8. The van der Waals surface area contributed by atoms with Gasteiger partial charge in [0.1, 0.15) is 0 Å². The molecule has 10 heteroatoms. The normalized spacial score (nSPS) is 11.7. The van der Waals surface area contributed by atoms with E-state index in [4.69, 9.17) is 13.6 Å². The van der Waals surface area contributed by atoms with Gasteiger partial charge in [-0.2, -0.15) is 0 Å². The summed E-state index contributed by atoms with van der Waals surface area (Å²) in [5.74, 6) is 0.0455. The number of carbonyl (C=O) groups excluding carboxylic acids is 1. The van der Waals surface area contributed by atoms with Crippen molar-refractivity contribution in [1.29, 1.82) is 0 Å². The Bertz CT molecular complexity index is 1370. The summed E-state index contributed by atoms with van der Waals surface area (Å²) in [6, 6.07) is 12.9. The van der Waals surface area contributed by atoms with E-state index in [1.54, 1.807) is 50.2 Å². The number of amides is 1. The number of carbonyl (C=O) groups is 1. The molecule has 2 heterocycles. The maximum Gasteiger partial charge on any atom is 0.322 e. The SMILES string of the molecule is COc1cccc2cc(C(=O)Nc3nnc(-c4cccc(S(=O)(=O)C(C)C)c4)o3)oc12. The van der Waals surface area contributed by atoms with Crippen molar-refractivity contribution in [2.45, 2.75) is 24.0 Å². The van der Waals surface area contributed by atoms with E-state index in [2.05, 4.69) is 15.5 Å². The van der Waals surface area contributed by atoms with Crippen LogP contribution in [0.2, 0.25) is 0 Å². The van der Waals surface area contributed by atoms with Crippen LogP contribution in [0.3, 0.4) is 0 Å². The van der Waals surface area contributed by atoms with Crippen LogP contribution in [-0.4, -0.2) is 36.9 Å². The number of sulfone groups is 1. The number of hydrogen-bond donors (Lipinski definition) is 1. The van der Waals surface area contributed by atoms with E-state index in [0.717, 1.165) is 0 Å². The topological polar surface area (TPSA) is 125 Å². The number of anilines is 1. The second-order valence-corrected chi connectivity index (χ2v) is 9.48. The van der Waals surface area contributed by atoms with Crippen LogP contribution in [0.5, 0.6) is 5.75 Å². The highest BCUT2D eigenvalue weighted by Gasteiger charge is 2.21. The number of methoxy groups -OCH3 is 1. The van der Waals surface area contributed by atoms with Crippen molar-refractivity contribution in [2.24, 2.45) is 0 Å². The molecule has 0 saturated carbocycles. The van der Waals surface area contributed by atoms with E-state index in [0.29, 0.717) is 22.3 Å². The van der Waals surface area contributed by atoms with Gasteiger partial charge in [-0.05, 0) is 44.2 Å². The molecule has 0 fully saturated rings. The number of ether oxygens (including phenoxy) is 1. The molecule has 0 aliphatic heterocycles. The fourth-order valence-electron chi connectivity index (χ4n) is 2.94. The fraction of sp³-hybridized carbons (Fsp3) is 0.190. The first-order valence-electron chi connectivity index (χ1n) is 9.35. The van der Waals surface area contributed by atoms with Gasteiger partial charge in [0.25, 0.3) is 5.91 Å². The van der Waals surface area contributed by atoms with Crippen LogP contribution in [0.15, 0.2) is 62.3 Å². The number of para-hydroxylation sites is 1. The molecule has 0 bridgehead atoms. The average molecular weight is 441 g/mol. The molecule has 0 aliphatic carbocycles. The molecular weight excluding hydrogens is 422 g/mol. The number of fused-ring (bicyclic) bond motifs is 1. The first-order chi connectivity index (χ1) is 14.8. The third kappa shape index (κ3) is 3.89. The van der Waals surface area contributed by atoms with Crippen LogP contribution in [0.1, 0.15) is 24.4 Å². The molecule has 1 amide bonds. The number of furan rings is 1. The maximum atomic E-state index is 12.5. The predicted octanol–water partition coefficient (Wildman–Crippen LogP) is 3.93. The molecule has 0 saturated heterocycles. The zero-order valence-electron chi connectivity index (χ0n) is 16.9. The summed E-state index contributed by atoms with van der Waals surface area (Å²) in [5.41, 5.74) is 0.868. The minimum Gasteiger partial charge on any atom is -0.493 e. The number of nitrogens with one attached hydrogen (secondary N) is 1. The number of aromatic nitrogens is 2. The number of rotatable bonds is 6. The monoisotopic (exact) mass is 441 g/mol. The summed E-state index contributed by atoms with van der Waals surface area (Å²) < 4.78 is 41.1. The van der Waals surface area contributed by atoms with E-state index in [1.807, 2.05) is 0 Å². The molecule has 2 aromatic heterocycles. The highest BCUT2D eigenvalue weighted by Crippen LogP contribution is 2.29. The third-order valence-corrected chi connectivity index (χ3v) is 6.78. The van der Waals surface area contributed by atoms with Gasteiger partial charge in [0.15, 0.2) is 26.9 Å². The van der Waals surface area contributed by atoms with Gasteiger partial charge in [0, 0.05) is 10.9 Å². The molecule has 0 aliphatic rings. The van der Waals surface area contributed by atoms with Gasteiger partial charge in [-0.1, -0.05) is 23.3 Å².